The minimum atomic E-state index is -1.11. The van der Waals surface area contributed by atoms with Crippen LogP contribution in [0, 0.1) is 0 Å². The van der Waals surface area contributed by atoms with Gasteiger partial charge in [0.2, 0.25) is 5.91 Å². The number of rotatable bonds is 22. The van der Waals surface area contributed by atoms with Gasteiger partial charge in [-0.05, 0) is 25.7 Å². The molecule has 0 spiro atoms. The van der Waals surface area contributed by atoms with Crippen LogP contribution in [0.1, 0.15) is 96.8 Å². The molecular weight excluding hydrogens is 428 g/mol. The monoisotopic (exact) mass is 472 g/mol. The molecule has 0 saturated carbocycles. The summed E-state index contributed by atoms with van der Waals surface area (Å²) in [5.41, 5.74) is 5.85. The first-order valence-corrected chi connectivity index (χ1v) is 13.2. The Morgan fingerprint density at radius 3 is 2.06 bits per heavy atom. The van der Waals surface area contributed by atoms with E-state index in [1.165, 1.54) is 69.5 Å². The van der Waals surface area contributed by atoms with Crippen molar-refractivity contribution in [1.82, 2.24) is 5.32 Å². The van der Waals surface area contributed by atoms with E-state index in [4.69, 9.17) is 15.9 Å². The van der Waals surface area contributed by atoms with Crippen LogP contribution in [0.2, 0.25) is 0 Å². The van der Waals surface area contributed by atoms with Crippen molar-refractivity contribution in [2.75, 3.05) is 12.3 Å². The molecule has 0 aliphatic carbocycles. The van der Waals surface area contributed by atoms with Crippen LogP contribution in [0.5, 0.6) is 0 Å². The molecular formula is C24H44N2O5S. The zero-order chi connectivity index (χ0) is 24.0. The number of thioether (sulfide) groups is 1. The first kappa shape index (κ1) is 30.5. The fourth-order valence-corrected chi connectivity index (χ4v) is 4.45. The highest BCUT2D eigenvalue weighted by Crippen LogP contribution is 2.20. The summed E-state index contributed by atoms with van der Waals surface area (Å²) in [5, 5.41) is 19.9. The lowest BCUT2D eigenvalue weighted by molar-refractivity contribution is -0.138. The molecule has 2 atom stereocenters. The van der Waals surface area contributed by atoms with E-state index in [1.807, 2.05) is 0 Å². The Morgan fingerprint density at radius 1 is 0.906 bits per heavy atom. The summed E-state index contributed by atoms with van der Waals surface area (Å²) < 4.78 is 0. The van der Waals surface area contributed by atoms with Gasteiger partial charge < -0.3 is 21.3 Å². The van der Waals surface area contributed by atoms with Crippen LogP contribution >= 0.6 is 11.8 Å². The standard InChI is InChI=1S/C24H44N2O5S/c1-2-3-4-5-6-7-8-9-10-11-12-13-15-20(16-14-17-22(27)28)32-19-21(25)24(31)26-18-23(29)30/h13,15,20-21H,2-12,14,16-19,25H2,1H3,(H,26,31)(H,27,28)(H,29,30). The number of allylic oxidation sites excluding steroid dienone is 1. The Morgan fingerprint density at radius 2 is 1.50 bits per heavy atom. The van der Waals surface area contributed by atoms with Gasteiger partial charge in [0.25, 0.3) is 0 Å². The Kier molecular flexibility index (Phi) is 20.3. The van der Waals surface area contributed by atoms with Gasteiger partial charge in [-0.1, -0.05) is 76.9 Å². The Bertz CT molecular complexity index is 542. The number of amides is 1. The van der Waals surface area contributed by atoms with Crippen molar-refractivity contribution < 1.29 is 24.6 Å². The number of carbonyl (C=O) groups is 3. The number of carbonyl (C=O) groups excluding carboxylic acids is 1. The van der Waals surface area contributed by atoms with Gasteiger partial charge in [0.15, 0.2) is 0 Å². The lowest BCUT2D eigenvalue weighted by atomic mass is 10.1. The van der Waals surface area contributed by atoms with Gasteiger partial charge in [-0.15, -0.1) is 0 Å². The maximum absolute atomic E-state index is 11.8. The second kappa shape index (κ2) is 21.3. The van der Waals surface area contributed by atoms with Crippen molar-refractivity contribution in [1.29, 1.82) is 0 Å². The van der Waals surface area contributed by atoms with Crippen LogP contribution in [0.4, 0.5) is 0 Å². The molecule has 32 heavy (non-hydrogen) atoms. The molecule has 1 amide bonds. The number of unbranched alkanes of at least 4 members (excludes halogenated alkanes) is 10. The van der Waals surface area contributed by atoms with Gasteiger partial charge in [0, 0.05) is 17.4 Å². The SMILES string of the molecule is CCCCCCCCCCCCC=CC(CCCC(=O)O)SCC(N)C(=O)NCC(=O)O. The molecule has 0 rings (SSSR count). The van der Waals surface area contributed by atoms with Gasteiger partial charge in [0.05, 0.1) is 6.04 Å². The summed E-state index contributed by atoms with van der Waals surface area (Å²) in [4.78, 5) is 33.2. The molecule has 0 bridgehead atoms. The quantitative estimate of drug-likeness (QED) is 0.132. The topological polar surface area (TPSA) is 130 Å². The maximum Gasteiger partial charge on any atom is 0.322 e. The third kappa shape index (κ3) is 20.4. The molecule has 0 aromatic heterocycles. The molecule has 0 heterocycles. The maximum atomic E-state index is 11.8. The van der Waals surface area contributed by atoms with E-state index in [1.54, 1.807) is 0 Å². The van der Waals surface area contributed by atoms with E-state index in [9.17, 15) is 14.4 Å². The highest BCUT2D eigenvalue weighted by Gasteiger charge is 2.16. The fourth-order valence-electron chi connectivity index (χ4n) is 3.28. The smallest absolute Gasteiger partial charge is 0.322 e. The number of hydrogen-bond donors (Lipinski definition) is 4. The molecule has 0 aromatic carbocycles. The van der Waals surface area contributed by atoms with E-state index in [0.717, 1.165) is 12.8 Å². The molecule has 0 radical (unpaired) electrons. The summed E-state index contributed by atoms with van der Waals surface area (Å²) in [7, 11) is 0. The zero-order valence-corrected chi connectivity index (χ0v) is 20.5. The highest BCUT2D eigenvalue weighted by atomic mass is 32.2. The summed E-state index contributed by atoms with van der Waals surface area (Å²) in [5.74, 6) is -2.06. The van der Waals surface area contributed by atoms with Crippen LogP contribution in [-0.2, 0) is 14.4 Å². The Balaban J connectivity index is 4.14. The third-order valence-corrected chi connectivity index (χ3v) is 6.57. The van der Waals surface area contributed by atoms with Crippen LogP contribution < -0.4 is 11.1 Å². The van der Waals surface area contributed by atoms with Gasteiger partial charge in [-0.25, -0.2) is 0 Å². The second-order valence-corrected chi connectivity index (χ2v) is 9.55. The molecule has 186 valence electrons. The molecule has 7 nitrogen and oxygen atoms in total. The van der Waals surface area contributed by atoms with E-state index < -0.39 is 30.4 Å². The number of carboxylic acids is 2. The molecule has 0 aliphatic rings. The zero-order valence-electron chi connectivity index (χ0n) is 19.7. The van der Waals surface area contributed by atoms with Crippen molar-refractivity contribution in [3.63, 3.8) is 0 Å². The Labute approximate surface area is 198 Å². The minimum Gasteiger partial charge on any atom is -0.481 e. The highest BCUT2D eigenvalue weighted by molar-refractivity contribution is 8.00. The lowest BCUT2D eigenvalue weighted by Crippen LogP contribution is -2.44. The first-order valence-electron chi connectivity index (χ1n) is 12.1. The van der Waals surface area contributed by atoms with Gasteiger partial charge in [0.1, 0.15) is 6.54 Å². The van der Waals surface area contributed by atoms with Crippen LogP contribution in [-0.4, -0.2) is 51.6 Å². The van der Waals surface area contributed by atoms with E-state index in [-0.39, 0.29) is 11.7 Å². The molecule has 0 fully saturated rings. The molecule has 0 aromatic rings. The number of nitrogens with one attached hydrogen (secondary N) is 1. The average molecular weight is 473 g/mol. The average Bonchev–Trinajstić information content (AvgIpc) is 2.75. The summed E-state index contributed by atoms with van der Waals surface area (Å²) in [6.45, 7) is 1.79. The van der Waals surface area contributed by atoms with Crippen LogP contribution in [0.25, 0.3) is 0 Å². The summed E-state index contributed by atoms with van der Waals surface area (Å²) in [6, 6.07) is -0.795. The van der Waals surface area contributed by atoms with Gasteiger partial charge >= 0.3 is 11.9 Å². The van der Waals surface area contributed by atoms with Gasteiger partial charge in [-0.2, -0.15) is 11.8 Å². The van der Waals surface area contributed by atoms with Crippen molar-refractivity contribution in [2.24, 2.45) is 5.73 Å². The molecule has 2 unspecified atom stereocenters. The van der Waals surface area contributed by atoms with Crippen LogP contribution in [0.3, 0.4) is 0 Å². The first-order chi connectivity index (χ1) is 15.4. The predicted molar refractivity (Wildman–Crippen MR) is 132 cm³/mol. The number of carboxylic acid groups (broad SMARTS) is 2. The number of hydrogen-bond acceptors (Lipinski definition) is 5. The molecule has 8 heteroatoms. The van der Waals surface area contributed by atoms with Crippen molar-refractivity contribution >= 4 is 29.6 Å². The number of nitrogens with two attached hydrogens (primary N) is 1. The molecule has 0 saturated heterocycles. The lowest BCUT2D eigenvalue weighted by Gasteiger charge is -2.16. The largest absolute Gasteiger partial charge is 0.481 e. The molecule has 0 aliphatic heterocycles. The summed E-state index contributed by atoms with van der Waals surface area (Å²) in [6.07, 6.45) is 19.7. The van der Waals surface area contributed by atoms with E-state index in [2.05, 4.69) is 24.4 Å². The summed E-state index contributed by atoms with van der Waals surface area (Å²) >= 11 is 1.51. The fraction of sp³-hybridized carbons (Fsp3) is 0.792. The predicted octanol–water partition coefficient (Wildman–Crippen LogP) is 4.74. The minimum absolute atomic E-state index is 0.0933. The molecule has 5 N–H and O–H groups in total. The van der Waals surface area contributed by atoms with Gasteiger partial charge in [-0.3, -0.25) is 14.4 Å². The van der Waals surface area contributed by atoms with E-state index >= 15 is 0 Å². The second-order valence-electron chi connectivity index (χ2n) is 8.27. The third-order valence-electron chi connectivity index (χ3n) is 5.19. The normalized spacial score (nSPS) is 13.2. The van der Waals surface area contributed by atoms with E-state index in [0.29, 0.717) is 18.6 Å². The Hall–Kier alpha value is -1.54. The van der Waals surface area contributed by atoms with Crippen molar-refractivity contribution in [3.05, 3.63) is 12.2 Å². The van der Waals surface area contributed by atoms with Crippen molar-refractivity contribution in [3.8, 4) is 0 Å². The van der Waals surface area contributed by atoms with Crippen LogP contribution in [0.15, 0.2) is 12.2 Å². The number of aliphatic carboxylic acids is 2. The van der Waals surface area contributed by atoms with Crippen molar-refractivity contribution in [2.45, 2.75) is 108 Å².